The van der Waals surface area contributed by atoms with Gasteiger partial charge in [-0.25, -0.2) is 4.79 Å². The van der Waals surface area contributed by atoms with Gasteiger partial charge in [-0.15, -0.1) is 11.8 Å². The number of thioether (sulfide) groups is 1. The molecule has 2 amide bonds. The molecular weight excluding hydrogens is 344 g/mol. The number of nitrogens with two attached hydrogens (primary N) is 1. The second kappa shape index (κ2) is 6.15. The molecule has 0 aromatic heterocycles. The zero-order chi connectivity index (χ0) is 17.7. The number of amides is 2. The number of carboxylic acid groups (broad SMARTS) is 1. The molecule has 0 aromatic rings. The predicted octanol–water partition coefficient (Wildman–Crippen LogP) is -0.912. The number of hydrogen-bond acceptors (Lipinski definition) is 6. The van der Waals surface area contributed by atoms with Crippen molar-refractivity contribution in [2.75, 3.05) is 25.4 Å². The maximum atomic E-state index is 12.7. The number of nitrogens with one attached hydrogen (secondary N) is 1. The van der Waals surface area contributed by atoms with E-state index in [-0.39, 0.29) is 28.9 Å². The molecule has 3 atom stereocenters. The Morgan fingerprint density at radius 2 is 2.20 bits per heavy atom. The van der Waals surface area contributed by atoms with Crippen LogP contribution in [0.15, 0.2) is 22.9 Å². The molecule has 0 radical (unpaired) electrons. The maximum absolute atomic E-state index is 12.7. The largest absolute Gasteiger partial charge is 0.477 e. The minimum absolute atomic E-state index is 0.0234. The zero-order valence-electron chi connectivity index (χ0n) is 13.6. The molecule has 134 valence electrons. The lowest BCUT2D eigenvalue weighted by Crippen LogP contribution is -2.68. The molecule has 0 aromatic carbocycles. The third kappa shape index (κ3) is 2.57. The average molecular weight is 364 g/mol. The highest BCUT2D eigenvalue weighted by molar-refractivity contribution is 8.00. The Balaban J connectivity index is 1.62. The number of fused-ring (bicyclic) bond motifs is 1. The fraction of sp³-hybridized carbons (Fsp3) is 0.562. The molecular formula is C16H20N4O4S. The number of allylic oxidation sites excluding steroid dienone is 1. The van der Waals surface area contributed by atoms with Crippen LogP contribution in [0.25, 0.3) is 0 Å². The van der Waals surface area contributed by atoms with Crippen molar-refractivity contribution in [2.45, 2.75) is 30.3 Å². The van der Waals surface area contributed by atoms with Gasteiger partial charge < -0.3 is 21.1 Å². The molecule has 4 aliphatic heterocycles. The quantitative estimate of drug-likeness (QED) is 0.438. The van der Waals surface area contributed by atoms with Crippen LogP contribution in [0.1, 0.15) is 12.8 Å². The van der Waals surface area contributed by atoms with Crippen LogP contribution in [-0.2, 0) is 14.4 Å². The predicted molar refractivity (Wildman–Crippen MR) is 91.4 cm³/mol. The highest BCUT2D eigenvalue weighted by Crippen LogP contribution is 2.40. The van der Waals surface area contributed by atoms with Crippen molar-refractivity contribution in [3.8, 4) is 0 Å². The molecule has 25 heavy (non-hydrogen) atoms. The number of carbonyl (C=O) groups is 3. The first-order valence-electron chi connectivity index (χ1n) is 8.38. The summed E-state index contributed by atoms with van der Waals surface area (Å²) in [7, 11) is 0. The molecule has 0 unspecified atom stereocenters. The van der Waals surface area contributed by atoms with Crippen molar-refractivity contribution >= 4 is 29.5 Å². The molecule has 4 heterocycles. The Morgan fingerprint density at radius 3 is 2.88 bits per heavy atom. The Bertz CT molecular complexity index is 713. The van der Waals surface area contributed by atoms with Gasteiger partial charge in [0.2, 0.25) is 11.8 Å². The van der Waals surface area contributed by atoms with Gasteiger partial charge in [0.05, 0.1) is 0 Å². The van der Waals surface area contributed by atoms with E-state index >= 15 is 0 Å². The van der Waals surface area contributed by atoms with Gasteiger partial charge in [-0.05, 0) is 31.0 Å². The van der Waals surface area contributed by atoms with Gasteiger partial charge in [-0.1, -0.05) is 0 Å². The number of carbonyl (C=O) groups excluding carboxylic acids is 2. The fourth-order valence-electron chi connectivity index (χ4n) is 3.88. The Morgan fingerprint density at radius 1 is 1.40 bits per heavy atom. The van der Waals surface area contributed by atoms with Crippen molar-refractivity contribution in [1.29, 1.82) is 0 Å². The molecule has 3 saturated heterocycles. The van der Waals surface area contributed by atoms with E-state index in [1.807, 2.05) is 4.90 Å². The minimum Gasteiger partial charge on any atom is -0.477 e. The average Bonchev–Trinajstić information content (AvgIpc) is 3.24. The molecule has 4 rings (SSSR count). The lowest BCUT2D eigenvalue weighted by molar-refractivity contribution is -0.147. The van der Waals surface area contributed by atoms with Gasteiger partial charge in [0, 0.05) is 30.5 Å². The van der Waals surface area contributed by atoms with E-state index in [4.69, 9.17) is 5.73 Å². The van der Waals surface area contributed by atoms with E-state index in [1.165, 1.54) is 16.7 Å². The summed E-state index contributed by atoms with van der Waals surface area (Å²) < 4.78 is 0. The zero-order valence-corrected chi connectivity index (χ0v) is 14.4. The van der Waals surface area contributed by atoms with Crippen LogP contribution in [-0.4, -0.2) is 75.5 Å². The molecule has 0 spiro atoms. The van der Waals surface area contributed by atoms with E-state index in [9.17, 15) is 19.5 Å². The van der Waals surface area contributed by atoms with E-state index in [0.29, 0.717) is 29.9 Å². The number of β-lactam (4-membered cyclic amide) rings is 1. The van der Waals surface area contributed by atoms with Gasteiger partial charge in [-0.3, -0.25) is 14.5 Å². The van der Waals surface area contributed by atoms with Crippen LogP contribution in [0, 0.1) is 0 Å². The first kappa shape index (κ1) is 16.6. The summed E-state index contributed by atoms with van der Waals surface area (Å²) in [5.74, 6) is -1.11. The number of hydrogen-bond donors (Lipinski definition) is 3. The first-order chi connectivity index (χ1) is 12.0. The van der Waals surface area contributed by atoms with E-state index in [1.54, 1.807) is 6.08 Å². The molecule has 4 N–H and O–H groups in total. The third-order valence-corrected chi connectivity index (χ3v) is 6.55. The smallest absolute Gasteiger partial charge is 0.352 e. The topological polar surface area (TPSA) is 116 Å². The van der Waals surface area contributed by atoms with Crippen molar-refractivity contribution in [2.24, 2.45) is 5.73 Å². The van der Waals surface area contributed by atoms with Crippen molar-refractivity contribution < 1.29 is 19.5 Å². The highest BCUT2D eigenvalue weighted by Gasteiger charge is 2.51. The molecule has 8 nitrogen and oxygen atoms in total. The summed E-state index contributed by atoms with van der Waals surface area (Å²) in [5.41, 5.74) is 6.86. The lowest BCUT2D eigenvalue weighted by Gasteiger charge is -2.47. The molecule has 4 aliphatic rings. The van der Waals surface area contributed by atoms with Crippen LogP contribution < -0.4 is 11.1 Å². The summed E-state index contributed by atoms with van der Waals surface area (Å²) in [5, 5.41) is 12.5. The van der Waals surface area contributed by atoms with Crippen LogP contribution in [0.4, 0.5) is 0 Å². The summed E-state index contributed by atoms with van der Waals surface area (Å²) in [6, 6.07) is -0.432. The second-order valence-electron chi connectivity index (χ2n) is 6.68. The summed E-state index contributed by atoms with van der Waals surface area (Å²) in [4.78, 5) is 39.5. The van der Waals surface area contributed by atoms with Crippen LogP contribution in [0.3, 0.4) is 0 Å². The molecule has 0 bridgehead atoms. The number of rotatable bonds is 3. The number of likely N-dealkylation sites (tertiary alicyclic amines) is 1. The monoisotopic (exact) mass is 364 g/mol. The van der Waals surface area contributed by atoms with Gasteiger partial charge in [0.15, 0.2) is 0 Å². The van der Waals surface area contributed by atoms with Gasteiger partial charge in [0.25, 0.3) is 0 Å². The minimum atomic E-state index is -1.15. The van der Waals surface area contributed by atoms with E-state index in [2.05, 4.69) is 5.32 Å². The maximum Gasteiger partial charge on any atom is 0.352 e. The molecule has 3 fully saturated rings. The first-order valence-corrected chi connectivity index (χ1v) is 9.43. The number of aliphatic carboxylic acids is 1. The Labute approximate surface area is 149 Å². The summed E-state index contributed by atoms with van der Waals surface area (Å²) >= 11 is 1.44. The standard InChI is InChI=1S/C16H20N4O4S/c17-11-14(22)20-12(16(23)24)9(7-25-15(11)20)5-8-2-4-19(13(8)21)10-1-3-18-6-10/h5,10-11,15,18H,1-4,6-7,17H2,(H,23,24)/b8-5+/t10-,11-,15-/m1/s1. The molecule has 0 saturated carbocycles. The number of nitrogens with zero attached hydrogens (tertiary/aromatic N) is 2. The number of carboxylic acids is 1. The Hall–Kier alpha value is -1.84. The molecule has 0 aliphatic carbocycles. The van der Waals surface area contributed by atoms with Gasteiger partial charge in [0.1, 0.15) is 17.1 Å². The van der Waals surface area contributed by atoms with Gasteiger partial charge >= 0.3 is 5.97 Å². The molecule has 9 heteroatoms. The third-order valence-electron chi connectivity index (χ3n) is 5.22. The lowest BCUT2D eigenvalue weighted by atomic mass is 10.0. The van der Waals surface area contributed by atoms with Crippen LogP contribution in [0.5, 0.6) is 0 Å². The fourth-order valence-corrected chi connectivity index (χ4v) is 5.14. The van der Waals surface area contributed by atoms with E-state index in [0.717, 1.165) is 19.5 Å². The van der Waals surface area contributed by atoms with Gasteiger partial charge in [-0.2, -0.15) is 0 Å². The second-order valence-corrected chi connectivity index (χ2v) is 7.78. The van der Waals surface area contributed by atoms with E-state index < -0.39 is 12.0 Å². The summed E-state index contributed by atoms with van der Waals surface area (Å²) in [6.45, 7) is 2.38. The van der Waals surface area contributed by atoms with Crippen LogP contribution in [0.2, 0.25) is 0 Å². The van der Waals surface area contributed by atoms with Crippen molar-refractivity contribution in [3.05, 3.63) is 22.9 Å². The van der Waals surface area contributed by atoms with Crippen molar-refractivity contribution in [3.63, 3.8) is 0 Å². The Kier molecular flexibility index (Phi) is 4.09. The van der Waals surface area contributed by atoms with Crippen LogP contribution >= 0.6 is 11.8 Å². The van der Waals surface area contributed by atoms with Crippen molar-refractivity contribution in [1.82, 2.24) is 15.1 Å². The highest BCUT2D eigenvalue weighted by atomic mass is 32.2. The SMILES string of the molecule is N[C@@H]1C(=O)N2C(C(=O)O)=C(/C=C3\CCN([C@@H]4CCNC4)C3=O)CS[C@H]12. The summed E-state index contributed by atoms with van der Waals surface area (Å²) in [6.07, 6.45) is 3.22. The normalized spacial score (nSPS) is 34.0.